The van der Waals surface area contributed by atoms with Gasteiger partial charge in [-0.15, -0.1) is 11.3 Å². The summed E-state index contributed by atoms with van der Waals surface area (Å²) in [5.74, 6) is 0.994. The number of hydrogen-bond donors (Lipinski definition) is 1. The van der Waals surface area contributed by atoms with Crippen LogP contribution >= 0.6 is 11.3 Å². The summed E-state index contributed by atoms with van der Waals surface area (Å²) >= 11 is 1.84. The number of ether oxygens (including phenoxy) is 1. The second-order valence-corrected chi connectivity index (χ2v) is 9.92. The minimum absolute atomic E-state index is 0.278. The van der Waals surface area contributed by atoms with Gasteiger partial charge in [-0.05, 0) is 68.6 Å². The average Bonchev–Trinajstić information content (AvgIpc) is 3.05. The molecule has 0 amide bonds. The smallest absolute Gasteiger partial charge is 0.240 e. The highest BCUT2D eigenvalue weighted by Crippen LogP contribution is 2.22. The van der Waals surface area contributed by atoms with E-state index in [1.54, 1.807) is 31.4 Å². The van der Waals surface area contributed by atoms with Gasteiger partial charge in [0, 0.05) is 29.4 Å². The molecule has 1 aliphatic rings. The number of piperidine rings is 1. The lowest BCUT2D eigenvalue weighted by Gasteiger charge is -2.32. The molecule has 1 N–H and O–H groups in total. The Kier molecular flexibility index (Phi) is 6.34. The van der Waals surface area contributed by atoms with Crippen molar-refractivity contribution in [3.63, 3.8) is 0 Å². The van der Waals surface area contributed by atoms with Crippen molar-refractivity contribution in [3.8, 4) is 5.75 Å². The fourth-order valence-electron chi connectivity index (χ4n) is 3.32. The third-order valence-corrected chi connectivity index (χ3v) is 7.14. The van der Waals surface area contributed by atoms with Crippen LogP contribution in [0.5, 0.6) is 5.75 Å². The molecule has 1 aliphatic heterocycles. The molecule has 142 valence electrons. The largest absolute Gasteiger partial charge is 0.497 e. The number of thiophene rings is 1. The summed E-state index contributed by atoms with van der Waals surface area (Å²) < 4.78 is 32.8. The third kappa shape index (κ3) is 5.07. The molecule has 0 aliphatic carbocycles. The van der Waals surface area contributed by atoms with Crippen molar-refractivity contribution in [2.75, 3.05) is 26.7 Å². The first-order valence-electron chi connectivity index (χ1n) is 8.87. The molecule has 1 aromatic carbocycles. The molecular formula is C19H26N2O3S2. The summed E-state index contributed by atoms with van der Waals surface area (Å²) in [6.07, 6.45) is 2.17. The van der Waals surface area contributed by atoms with E-state index in [0.717, 1.165) is 32.5 Å². The summed E-state index contributed by atoms with van der Waals surface area (Å²) in [4.78, 5) is 5.42. The van der Waals surface area contributed by atoms with Crippen molar-refractivity contribution in [3.05, 3.63) is 46.2 Å². The molecule has 1 fully saturated rings. The van der Waals surface area contributed by atoms with Crippen molar-refractivity contribution in [1.29, 1.82) is 0 Å². The first kappa shape index (κ1) is 19.4. The first-order valence-corrected chi connectivity index (χ1v) is 11.2. The van der Waals surface area contributed by atoms with E-state index >= 15 is 0 Å². The molecule has 3 rings (SSSR count). The molecule has 1 unspecified atom stereocenters. The zero-order valence-electron chi connectivity index (χ0n) is 15.3. The summed E-state index contributed by atoms with van der Waals surface area (Å²) in [6.45, 7) is 5.58. The van der Waals surface area contributed by atoms with Crippen molar-refractivity contribution in [2.24, 2.45) is 5.92 Å². The van der Waals surface area contributed by atoms with Crippen LogP contribution in [0.2, 0.25) is 0 Å². The maximum atomic E-state index is 12.5. The van der Waals surface area contributed by atoms with E-state index in [1.807, 2.05) is 11.3 Å². The molecule has 0 bridgehead atoms. The van der Waals surface area contributed by atoms with E-state index in [9.17, 15) is 8.42 Å². The number of hydrogen-bond acceptors (Lipinski definition) is 5. The highest BCUT2D eigenvalue weighted by molar-refractivity contribution is 7.89. The van der Waals surface area contributed by atoms with Gasteiger partial charge in [-0.2, -0.15) is 0 Å². The number of rotatable bonds is 7. The van der Waals surface area contributed by atoms with Crippen LogP contribution in [0, 0.1) is 12.8 Å². The molecule has 2 aromatic rings. The number of nitrogens with zero attached hydrogens (tertiary/aromatic N) is 1. The lowest BCUT2D eigenvalue weighted by atomic mass is 9.98. The normalized spacial score (nSPS) is 18.8. The molecule has 2 heterocycles. The van der Waals surface area contributed by atoms with E-state index in [1.165, 1.54) is 9.75 Å². The molecular weight excluding hydrogens is 368 g/mol. The van der Waals surface area contributed by atoms with E-state index in [0.29, 0.717) is 18.2 Å². The number of benzene rings is 1. The van der Waals surface area contributed by atoms with Gasteiger partial charge in [0.25, 0.3) is 0 Å². The van der Waals surface area contributed by atoms with Gasteiger partial charge < -0.3 is 4.74 Å². The van der Waals surface area contributed by atoms with Crippen LogP contribution in [0.3, 0.4) is 0 Å². The van der Waals surface area contributed by atoms with Gasteiger partial charge in [0.05, 0.1) is 12.0 Å². The van der Waals surface area contributed by atoms with E-state index < -0.39 is 10.0 Å². The van der Waals surface area contributed by atoms with E-state index in [2.05, 4.69) is 28.7 Å². The Balaban J connectivity index is 1.54. The number of aryl methyl sites for hydroxylation is 1. The standard InChI is InChI=1S/C19H26N2O3S2/c1-15-5-8-18(25-15)14-21-11-3-4-16(13-21)12-20-26(22,23)19-9-6-17(24-2)7-10-19/h5-10,16,20H,3-4,11-14H2,1-2H3. The second kappa shape index (κ2) is 8.52. The lowest BCUT2D eigenvalue weighted by molar-refractivity contribution is 0.170. The molecule has 1 atom stereocenters. The fraction of sp³-hybridized carbons (Fsp3) is 0.474. The van der Waals surface area contributed by atoms with Crippen LogP contribution in [0.1, 0.15) is 22.6 Å². The van der Waals surface area contributed by atoms with Crippen LogP contribution in [-0.2, 0) is 16.6 Å². The molecule has 7 heteroatoms. The molecule has 1 aromatic heterocycles. The maximum Gasteiger partial charge on any atom is 0.240 e. The molecule has 0 saturated carbocycles. The lowest BCUT2D eigenvalue weighted by Crippen LogP contribution is -2.40. The minimum atomic E-state index is -3.48. The average molecular weight is 395 g/mol. The van der Waals surface area contributed by atoms with E-state index in [4.69, 9.17) is 4.74 Å². The molecule has 26 heavy (non-hydrogen) atoms. The number of nitrogens with one attached hydrogen (secondary N) is 1. The maximum absolute atomic E-state index is 12.5. The third-order valence-electron chi connectivity index (χ3n) is 4.71. The monoisotopic (exact) mass is 394 g/mol. The highest BCUT2D eigenvalue weighted by atomic mass is 32.2. The van der Waals surface area contributed by atoms with Crippen LogP contribution in [0.4, 0.5) is 0 Å². The van der Waals surface area contributed by atoms with Gasteiger partial charge in [-0.1, -0.05) is 0 Å². The Labute approximate surface area is 160 Å². The Morgan fingerprint density at radius 2 is 2.00 bits per heavy atom. The van der Waals surface area contributed by atoms with Crippen molar-refractivity contribution in [2.45, 2.75) is 31.2 Å². The van der Waals surface area contributed by atoms with Crippen LogP contribution in [0.25, 0.3) is 0 Å². The minimum Gasteiger partial charge on any atom is -0.497 e. The molecule has 0 spiro atoms. The first-order chi connectivity index (χ1) is 12.5. The molecule has 1 saturated heterocycles. The van der Waals surface area contributed by atoms with Gasteiger partial charge >= 0.3 is 0 Å². The van der Waals surface area contributed by atoms with Gasteiger partial charge in [0.2, 0.25) is 10.0 Å². The second-order valence-electron chi connectivity index (χ2n) is 6.78. The zero-order chi connectivity index (χ0) is 18.6. The van der Waals surface area contributed by atoms with E-state index in [-0.39, 0.29) is 4.90 Å². The Bertz CT molecular complexity index is 816. The van der Waals surface area contributed by atoms with Gasteiger partial charge in [-0.3, -0.25) is 4.90 Å². The van der Waals surface area contributed by atoms with Gasteiger partial charge in [0.1, 0.15) is 5.75 Å². The Morgan fingerprint density at radius 3 is 2.65 bits per heavy atom. The molecule has 5 nitrogen and oxygen atoms in total. The summed E-state index contributed by atoms with van der Waals surface area (Å²) in [7, 11) is -1.92. The topological polar surface area (TPSA) is 58.6 Å². The summed E-state index contributed by atoms with van der Waals surface area (Å²) in [5, 5.41) is 0. The van der Waals surface area contributed by atoms with Crippen molar-refractivity contribution in [1.82, 2.24) is 9.62 Å². The van der Waals surface area contributed by atoms with Crippen molar-refractivity contribution < 1.29 is 13.2 Å². The zero-order valence-corrected chi connectivity index (χ0v) is 16.9. The summed E-state index contributed by atoms with van der Waals surface area (Å²) in [5.41, 5.74) is 0. The Hall–Kier alpha value is -1.41. The number of methoxy groups -OCH3 is 1. The quantitative estimate of drug-likeness (QED) is 0.783. The summed E-state index contributed by atoms with van der Waals surface area (Å²) in [6, 6.07) is 10.8. The van der Waals surface area contributed by atoms with Gasteiger partial charge in [-0.25, -0.2) is 13.1 Å². The predicted molar refractivity (Wildman–Crippen MR) is 105 cm³/mol. The van der Waals surface area contributed by atoms with Crippen LogP contribution in [0.15, 0.2) is 41.3 Å². The number of likely N-dealkylation sites (tertiary alicyclic amines) is 1. The van der Waals surface area contributed by atoms with Gasteiger partial charge in [0.15, 0.2) is 0 Å². The fourth-order valence-corrected chi connectivity index (χ4v) is 5.37. The SMILES string of the molecule is COc1ccc(S(=O)(=O)NCC2CCCN(Cc3ccc(C)s3)C2)cc1. The highest BCUT2D eigenvalue weighted by Gasteiger charge is 2.23. The Morgan fingerprint density at radius 1 is 1.23 bits per heavy atom. The predicted octanol–water partition coefficient (Wildman–Crippen LogP) is 3.26. The van der Waals surface area contributed by atoms with Crippen molar-refractivity contribution >= 4 is 21.4 Å². The number of sulfonamides is 1. The molecule has 0 radical (unpaired) electrons. The van der Waals surface area contributed by atoms with Crippen LogP contribution in [-0.4, -0.2) is 40.1 Å². The van der Waals surface area contributed by atoms with Crippen LogP contribution < -0.4 is 9.46 Å².